The first kappa shape index (κ1) is 19.3. The summed E-state index contributed by atoms with van der Waals surface area (Å²) in [7, 11) is 1.61. The van der Waals surface area contributed by atoms with Crippen LogP contribution in [0.4, 0.5) is 10.1 Å². The zero-order valence-electron chi connectivity index (χ0n) is 16.2. The predicted molar refractivity (Wildman–Crippen MR) is 107 cm³/mol. The number of hydrogen-bond donors (Lipinski definition) is 1. The highest BCUT2D eigenvalue weighted by Crippen LogP contribution is 2.32. The number of nitrogens with one attached hydrogen (secondary N) is 1. The minimum absolute atomic E-state index is 0.101. The number of halogens is 1. The Bertz CT molecular complexity index is 972. The lowest BCUT2D eigenvalue weighted by molar-refractivity contribution is -0.122. The van der Waals surface area contributed by atoms with Gasteiger partial charge in [0, 0.05) is 30.9 Å². The largest absolute Gasteiger partial charge is 0.497 e. The Labute approximate surface area is 168 Å². The van der Waals surface area contributed by atoms with E-state index in [1.807, 2.05) is 29.2 Å². The summed E-state index contributed by atoms with van der Waals surface area (Å²) in [5.74, 6) is -0.304. The highest BCUT2D eigenvalue weighted by atomic mass is 19.1. The first-order valence-corrected chi connectivity index (χ1v) is 9.56. The third-order valence-corrected chi connectivity index (χ3v) is 5.35. The lowest BCUT2D eigenvalue weighted by Gasteiger charge is -2.34. The van der Waals surface area contributed by atoms with Crippen LogP contribution in [0.25, 0.3) is 0 Å². The van der Waals surface area contributed by atoms with Crippen LogP contribution in [0.2, 0.25) is 0 Å². The third kappa shape index (κ3) is 4.19. The second-order valence-electron chi connectivity index (χ2n) is 7.29. The van der Waals surface area contributed by atoms with Crippen molar-refractivity contribution in [1.82, 2.24) is 10.2 Å². The average Bonchev–Trinajstić information content (AvgIpc) is 2.74. The maximum atomic E-state index is 13.5. The maximum Gasteiger partial charge on any atom is 0.234 e. The predicted octanol–water partition coefficient (Wildman–Crippen LogP) is 2.74. The molecule has 0 aliphatic carbocycles. The van der Waals surface area contributed by atoms with Gasteiger partial charge in [-0.25, -0.2) is 4.39 Å². The Morgan fingerprint density at radius 2 is 2.07 bits per heavy atom. The van der Waals surface area contributed by atoms with E-state index < -0.39 is 11.7 Å². The van der Waals surface area contributed by atoms with E-state index >= 15 is 0 Å². The molecule has 0 radical (unpaired) electrons. The molecule has 1 N–H and O–H groups in total. The molecule has 0 bridgehead atoms. The second kappa shape index (κ2) is 8.13. The number of aliphatic imine (C=N–C) groups is 1. The molecule has 1 fully saturated rings. The van der Waals surface area contributed by atoms with Crippen molar-refractivity contribution < 1.29 is 18.7 Å². The fraction of sp³-hybridized carbons (Fsp3) is 0.318. The molecule has 6 nitrogen and oxygen atoms in total. The number of ether oxygens (including phenoxy) is 1. The van der Waals surface area contributed by atoms with Crippen molar-refractivity contribution in [2.45, 2.75) is 13.0 Å². The SMILES string of the molecule is COc1ccc(CNC(=O)CN2CCC3=Nc4ccc(F)cc4C(=O)C3C2)cc1. The van der Waals surface area contributed by atoms with Gasteiger partial charge >= 0.3 is 0 Å². The van der Waals surface area contributed by atoms with E-state index in [9.17, 15) is 14.0 Å². The highest BCUT2D eigenvalue weighted by molar-refractivity contribution is 6.18. The molecule has 2 aromatic carbocycles. The number of fused-ring (bicyclic) bond motifs is 2. The molecular weight excluding hydrogens is 373 g/mol. The molecule has 0 saturated carbocycles. The van der Waals surface area contributed by atoms with Gasteiger partial charge in [-0.2, -0.15) is 0 Å². The Hall–Kier alpha value is -3.06. The molecule has 1 saturated heterocycles. The van der Waals surface area contributed by atoms with Gasteiger partial charge in [0.15, 0.2) is 5.78 Å². The van der Waals surface area contributed by atoms with Crippen LogP contribution in [0.1, 0.15) is 22.3 Å². The van der Waals surface area contributed by atoms with E-state index in [1.165, 1.54) is 12.1 Å². The van der Waals surface area contributed by atoms with E-state index in [1.54, 1.807) is 13.2 Å². The summed E-state index contributed by atoms with van der Waals surface area (Å²) < 4.78 is 18.7. The monoisotopic (exact) mass is 395 g/mol. The standard InChI is InChI=1S/C22H22FN3O3/c1-29-16-5-2-14(3-6-16)11-24-21(27)13-26-9-8-20-18(12-26)22(28)17-10-15(23)4-7-19(17)25-20/h2-7,10,18H,8-9,11-13H2,1H3,(H,24,27). The number of ketones is 1. The topological polar surface area (TPSA) is 71.0 Å². The highest BCUT2D eigenvalue weighted by Gasteiger charge is 2.36. The Balaban J connectivity index is 1.35. The number of nitrogens with zero attached hydrogens (tertiary/aromatic N) is 2. The van der Waals surface area contributed by atoms with Crippen molar-refractivity contribution in [3.63, 3.8) is 0 Å². The molecule has 2 heterocycles. The number of hydrogen-bond acceptors (Lipinski definition) is 5. The van der Waals surface area contributed by atoms with E-state index in [-0.39, 0.29) is 18.2 Å². The van der Waals surface area contributed by atoms with Crippen LogP contribution in [0.3, 0.4) is 0 Å². The fourth-order valence-electron chi connectivity index (χ4n) is 3.76. The summed E-state index contributed by atoms with van der Waals surface area (Å²) >= 11 is 0. The normalized spacial score (nSPS) is 18.5. The smallest absolute Gasteiger partial charge is 0.234 e. The van der Waals surface area contributed by atoms with Crippen LogP contribution in [0.15, 0.2) is 47.5 Å². The van der Waals surface area contributed by atoms with Crippen molar-refractivity contribution in [3.8, 4) is 5.75 Å². The molecule has 2 aromatic rings. The molecule has 7 heteroatoms. The van der Waals surface area contributed by atoms with Gasteiger partial charge in [-0.15, -0.1) is 0 Å². The van der Waals surface area contributed by atoms with Gasteiger partial charge < -0.3 is 10.1 Å². The zero-order chi connectivity index (χ0) is 20.4. The molecule has 1 amide bonds. The number of benzene rings is 2. The van der Waals surface area contributed by atoms with Gasteiger partial charge in [-0.3, -0.25) is 19.5 Å². The van der Waals surface area contributed by atoms with E-state index in [2.05, 4.69) is 10.3 Å². The summed E-state index contributed by atoms with van der Waals surface area (Å²) in [5, 5.41) is 2.90. The van der Waals surface area contributed by atoms with Crippen LogP contribution >= 0.6 is 0 Å². The van der Waals surface area contributed by atoms with E-state index in [4.69, 9.17) is 4.74 Å². The van der Waals surface area contributed by atoms with Gasteiger partial charge in [0.1, 0.15) is 11.6 Å². The fourth-order valence-corrected chi connectivity index (χ4v) is 3.76. The van der Waals surface area contributed by atoms with Crippen LogP contribution in [-0.2, 0) is 11.3 Å². The molecule has 150 valence electrons. The second-order valence-corrected chi connectivity index (χ2v) is 7.29. The Morgan fingerprint density at radius 3 is 2.83 bits per heavy atom. The molecule has 1 atom stereocenters. The van der Waals surface area contributed by atoms with E-state index in [0.29, 0.717) is 37.3 Å². The molecule has 1 unspecified atom stereocenters. The van der Waals surface area contributed by atoms with Gasteiger partial charge in [0.25, 0.3) is 0 Å². The van der Waals surface area contributed by atoms with Crippen LogP contribution in [0, 0.1) is 11.7 Å². The molecule has 29 heavy (non-hydrogen) atoms. The summed E-state index contributed by atoms with van der Waals surface area (Å²) in [6.07, 6.45) is 0.624. The Kier molecular flexibility index (Phi) is 5.40. The van der Waals surface area contributed by atoms with Crippen LogP contribution in [-0.4, -0.2) is 49.0 Å². The number of carbonyl (C=O) groups is 2. The minimum Gasteiger partial charge on any atom is -0.497 e. The summed E-state index contributed by atoms with van der Waals surface area (Å²) in [6, 6.07) is 11.6. The number of rotatable bonds is 5. The quantitative estimate of drug-likeness (QED) is 0.845. The van der Waals surface area contributed by atoms with Crippen molar-refractivity contribution in [2.75, 3.05) is 26.7 Å². The number of likely N-dealkylation sites (tertiary alicyclic amines) is 1. The lowest BCUT2D eigenvalue weighted by atomic mass is 9.85. The molecule has 0 aromatic heterocycles. The van der Waals surface area contributed by atoms with Gasteiger partial charge in [0.05, 0.1) is 25.3 Å². The summed E-state index contributed by atoms with van der Waals surface area (Å²) in [5.41, 5.74) is 2.66. The first-order valence-electron chi connectivity index (χ1n) is 9.56. The molecular formula is C22H22FN3O3. The Morgan fingerprint density at radius 1 is 1.28 bits per heavy atom. The van der Waals surface area contributed by atoms with Crippen molar-refractivity contribution >= 4 is 23.1 Å². The molecule has 4 rings (SSSR count). The maximum absolute atomic E-state index is 13.5. The van der Waals surface area contributed by atoms with Gasteiger partial charge in [-0.1, -0.05) is 12.1 Å². The number of piperidine rings is 1. The van der Waals surface area contributed by atoms with E-state index in [0.717, 1.165) is 17.0 Å². The molecule has 0 spiro atoms. The molecule has 2 aliphatic heterocycles. The third-order valence-electron chi connectivity index (χ3n) is 5.35. The molecule has 2 aliphatic rings. The minimum atomic E-state index is -0.443. The zero-order valence-corrected chi connectivity index (χ0v) is 16.2. The van der Waals surface area contributed by atoms with Gasteiger partial charge in [0.2, 0.25) is 5.91 Å². The van der Waals surface area contributed by atoms with Crippen molar-refractivity contribution in [2.24, 2.45) is 10.9 Å². The van der Waals surface area contributed by atoms with Crippen LogP contribution in [0.5, 0.6) is 5.75 Å². The van der Waals surface area contributed by atoms with Crippen molar-refractivity contribution in [3.05, 3.63) is 59.4 Å². The van der Waals surface area contributed by atoms with Crippen LogP contribution < -0.4 is 10.1 Å². The number of Topliss-reactive ketones (excluding diaryl/α,β-unsaturated/α-hetero) is 1. The number of methoxy groups -OCH3 is 1. The lowest BCUT2D eigenvalue weighted by Crippen LogP contribution is -2.48. The summed E-state index contributed by atoms with van der Waals surface area (Å²) in [4.78, 5) is 31.7. The van der Waals surface area contributed by atoms with Crippen molar-refractivity contribution in [1.29, 1.82) is 0 Å². The average molecular weight is 395 g/mol. The summed E-state index contributed by atoms with van der Waals surface area (Å²) in [6.45, 7) is 1.72. The first-order chi connectivity index (χ1) is 14.0. The number of amides is 1. The van der Waals surface area contributed by atoms with Gasteiger partial charge in [-0.05, 0) is 42.3 Å². The number of carbonyl (C=O) groups excluding carboxylic acids is 2.